The molecule has 1 aromatic rings. The van der Waals surface area contributed by atoms with E-state index in [9.17, 15) is 0 Å². The van der Waals surface area contributed by atoms with Gasteiger partial charge in [-0.15, -0.1) is 0 Å². The van der Waals surface area contributed by atoms with Crippen LogP contribution in [0.25, 0.3) is 0 Å². The number of aryl methyl sites for hydroxylation is 2. The van der Waals surface area contributed by atoms with Crippen molar-refractivity contribution in [3.63, 3.8) is 0 Å². The van der Waals surface area contributed by atoms with Gasteiger partial charge in [0.05, 0.1) is 5.69 Å². The van der Waals surface area contributed by atoms with Crippen molar-refractivity contribution in [2.24, 2.45) is 4.99 Å². The molecular formula is C8H12N4. The standard InChI is InChI=1S/C8H12N4/c1-4-10-7-5(2)11-6(3)12-8(7)9/h4H,1-3H3,(H2,9,11,12). The molecule has 0 radical (unpaired) electrons. The molecule has 4 heteroatoms. The van der Waals surface area contributed by atoms with Gasteiger partial charge in [-0.05, 0) is 20.8 Å². The molecule has 0 saturated carbocycles. The predicted molar refractivity (Wildman–Crippen MR) is 49.7 cm³/mol. The first-order valence-corrected chi connectivity index (χ1v) is 3.74. The zero-order chi connectivity index (χ0) is 9.14. The highest BCUT2D eigenvalue weighted by Crippen LogP contribution is 2.22. The van der Waals surface area contributed by atoms with Gasteiger partial charge in [0.25, 0.3) is 0 Å². The Labute approximate surface area is 71.6 Å². The van der Waals surface area contributed by atoms with E-state index in [2.05, 4.69) is 15.0 Å². The van der Waals surface area contributed by atoms with Crippen LogP contribution < -0.4 is 5.73 Å². The van der Waals surface area contributed by atoms with E-state index in [0.717, 1.165) is 5.69 Å². The molecule has 0 atom stereocenters. The summed E-state index contributed by atoms with van der Waals surface area (Å²) in [5, 5.41) is 0. The predicted octanol–water partition coefficient (Wildman–Crippen LogP) is 1.40. The molecule has 0 aliphatic heterocycles. The number of aliphatic imine (C=N–C) groups is 1. The minimum Gasteiger partial charge on any atom is -0.382 e. The Morgan fingerprint density at radius 3 is 2.50 bits per heavy atom. The van der Waals surface area contributed by atoms with E-state index in [4.69, 9.17) is 5.73 Å². The van der Waals surface area contributed by atoms with Crippen LogP contribution in [0.4, 0.5) is 11.5 Å². The normalized spacial score (nSPS) is 10.9. The largest absolute Gasteiger partial charge is 0.382 e. The summed E-state index contributed by atoms with van der Waals surface area (Å²) in [5.74, 6) is 1.12. The van der Waals surface area contributed by atoms with Crippen LogP contribution >= 0.6 is 0 Å². The summed E-state index contributed by atoms with van der Waals surface area (Å²) in [7, 11) is 0. The fraction of sp³-hybridized carbons (Fsp3) is 0.375. The monoisotopic (exact) mass is 164 g/mol. The van der Waals surface area contributed by atoms with Crippen LogP contribution in [0.15, 0.2) is 4.99 Å². The Hall–Kier alpha value is -1.45. The molecule has 4 nitrogen and oxygen atoms in total. The Kier molecular flexibility index (Phi) is 2.38. The summed E-state index contributed by atoms with van der Waals surface area (Å²) in [5.41, 5.74) is 7.13. The van der Waals surface area contributed by atoms with Crippen molar-refractivity contribution in [3.05, 3.63) is 11.5 Å². The Balaban J connectivity index is 3.28. The highest BCUT2D eigenvalue weighted by atomic mass is 15.0. The van der Waals surface area contributed by atoms with Crippen LogP contribution in [-0.2, 0) is 0 Å². The van der Waals surface area contributed by atoms with Gasteiger partial charge in [-0.1, -0.05) is 0 Å². The van der Waals surface area contributed by atoms with E-state index in [1.54, 1.807) is 6.21 Å². The summed E-state index contributed by atoms with van der Waals surface area (Å²) < 4.78 is 0. The lowest BCUT2D eigenvalue weighted by molar-refractivity contribution is 1.02. The molecule has 0 aliphatic carbocycles. The van der Waals surface area contributed by atoms with E-state index in [0.29, 0.717) is 17.3 Å². The molecule has 1 heterocycles. The van der Waals surface area contributed by atoms with Crippen LogP contribution in [0.5, 0.6) is 0 Å². The maximum absolute atomic E-state index is 5.64. The molecule has 0 aliphatic rings. The third-order valence-corrected chi connectivity index (χ3v) is 1.46. The molecule has 1 rings (SSSR count). The topological polar surface area (TPSA) is 64.2 Å². The molecule has 12 heavy (non-hydrogen) atoms. The van der Waals surface area contributed by atoms with Gasteiger partial charge >= 0.3 is 0 Å². The molecule has 2 N–H and O–H groups in total. The lowest BCUT2D eigenvalue weighted by Gasteiger charge is -2.02. The van der Waals surface area contributed by atoms with Crippen molar-refractivity contribution < 1.29 is 0 Å². The molecule has 0 saturated heterocycles. The zero-order valence-corrected chi connectivity index (χ0v) is 7.50. The van der Waals surface area contributed by atoms with Crippen LogP contribution in [-0.4, -0.2) is 16.2 Å². The van der Waals surface area contributed by atoms with Gasteiger partial charge in [-0.3, -0.25) is 4.99 Å². The second-order valence-corrected chi connectivity index (χ2v) is 2.48. The summed E-state index contributed by atoms with van der Waals surface area (Å²) in [6.45, 7) is 5.51. The summed E-state index contributed by atoms with van der Waals surface area (Å²) >= 11 is 0. The quantitative estimate of drug-likeness (QED) is 0.638. The third-order valence-electron chi connectivity index (χ3n) is 1.46. The van der Waals surface area contributed by atoms with Crippen molar-refractivity contribution in [1.29, 1.82) is 0 Å². The van der Waals surface area contributed by atoms with Gasteiger partial charge in [0.2, 0.25) is 0 Å². The number of nitrogens with two attached hydrogens (primary N) is 1. The highest BCUT2D eigenvalue weighted by Gasteiger charge is 2.04. The summed E-state index contributed by atoms with van der Waals surface area (Å²) in [6, 6.07) is 0. The molecule has 0 spiro atoms. The second-order valence-electron chi connectivity index (χ2n) is 2.48. The summed E-state index contributed by atoms with van der Waals surface area (Å²) in [4.78, 5) is 12.2. The number of hydrogen-bond acceptors (Lipinski definition) is 4. The average Bonchev–Trinajstić information content (AvgIpc) is 1.96. The first-order valence-electron chi connectivity index (χ1n) is 3.74. The average molecular weight is 164 g/mol. The van der Waals surface area contributed by atoms with Gasteiger partial charge in [-0.2, -0.15) is 0 Å². The highest BCUT2D eigenvalue weighted by molar-refractivity contribution is 5.68. The Morgan fingerprint density at radius 1 is 1.33 bits per heavy atom. The summed E-state index contributed by atoms with van der Waals surface area (Å²) in [6.07, 6.45) is 1.68. The van der Waals surface area contributed by atoms with E-state index >= 15 is 0 Å². The Bertz CT molecular complexity index is 294. The maximum Gasteiger partial charge on any atom is 0.153 e. The minimum absolute atomic E-state index is 0.443. The number of aromatic nitrogens is 2. The SMILES string of the molecule is CC=Nc1c(C)nc(C)nc1N. The van der Waals surface area contributed by atoms with E-state index < -0.39 is 0 Å². The fourth-order valence-electron chi connectivity index (χ4n) is 1.02. The molecule has 64 valence electrons. The van der Waals surface area contributed by atoms with Gasteiger partial charge in [-0.25, -0.2) is 9.97 Å². The number of hydrogen-bond donors (Lipinski definition) is 1. The Morgan fingerprint density at radius 2 is 2.00 bits per heavy atom. The molecule has 0 unspecified atom stereocenters. The van der Waals surface area contributed by atoms with Crippen LogP contribution in [0.2, 0.25) is 0 Å². The lowest BCUT2D eigenvalue weighted by atomic mass is 10.3. The van der Waals surface area contributed by atoms with Crippen molar-refractivity contribution in [1.82, 2.24) is 9.97 Å². The van der Waals surface area contributed by atoms with E-state index in [-0.39, 0.29) is 0 Å². The van der Waals surface area contributed by atoms with Gasteiger partial charge < -0.3 is 5.73 Å². The third kappa shape index (κ3) is 1.58. The fourth-order valence-corrected chi connectivity index (χ4v) is 1.02. The van der Waals surface area contributed by atoms with Crippen molar-refractivity contribution in [2.75, 3.05) is 5.73 Å². The van der Waals surface area contributed by atoms with Crippen molar-refractivity contribution in [2.45, 2.75) is 20.8 Å². The van der Waals surface area contributed by atoms with Gasteiger partial charge in [0.1, 0.15) is 11.5 Å². The number of nitrogen functional groups attached to an aromatic ring is 1. The van der Waals surface area contributed by atoms with Crippen molar-refractivity contribution in [3.8, 4) is 0 Å². The van der Waals surface area contributed by atoms with Crippen LogP contribution in [0, 0.1) is 13.8 Å². The van der Waals surface area contributed by atoms with Crippen LogP contribution in [0.3, 0.4) is 0 Å². The van der Waals surface area contributed by atoms with Gasteiger partial charge in [0.15, 0.2) is 5.82 Å². The maximum atomic E-state index is 5.64. The first-order chi connectivity index (χ1) is 5.65. The number of anilines is 1. The zero-order valence-electron chi connectivity index (χ0n) is 7.50. The van der Waals surface area contributed by atoms with Crippen LogP contribution in [0.1, 0.15) is 18.4 Å². The van der Waals surface area contributed by atoms with Crippen molar-refractivity contribution >= 4 is 17.7 Å². The van der Waals surface area contributed by atoms with E-state index in [1.807, 2.05) is 20.8 Å². The molecule has 0 fully saturated rings. The molecule has 0 amide bonds. The molecule has 1 aromatic heterocycles. The lowest BCUT2D eigenvalue weighted by Crippen LogP contribution is -1.98. The smallest absolute Gasteiger partial charge is 0.153 e. The minimum atomic E-state index is 0.443. The molecule has 0 bridgehead atoms. The number of rotatable bonds is 1. The first kappa shape index (κ1) is 8.64. The number of nitrogens with zero attached hydrogens (tertiary/aromatic N) is 3. The molecule has 0 aromatic carbocycles. The molecular weight excluding hydrogens is 152 g/mol. The second kappa shape index (κ2) is 3.30. The van der Waals surface area contributed by atoms with E-state index in [1.165, 1.54) is 0 Å². The van der Waals surface area contributed by atoms with Gasteiger partial charge in [0, 0.05) is 6.21 Å².